The molecule has 2 aromatic carbocycles. The number of carbonyl (C=O) groups is 2. The largest absolute Gasteiger partial charge is 0.491 e. The number of amides is 1. The van der Waals surface area contributed by atoms with E-state index in [2.05, 4.69) is 10.3 Å². The van der Waals surface area contributed by atoms with Gasteiger partial charge >= 0.3 is 0 Å². The monoisotopic (exact) mass is 364 g/mol. The molecule has 0 atom stereocenters. The van der Waals surface area contributed by atoms with Gasteiger partial charge in [-0.2, -0.15) is 0 Å². The highest BCUT2D eigenvalue weighted by atomic mass is 16.5. The molecule has 0 unspecified atom stereocenters. The van der Waals surface area contributed by atoms with E-state index in [1.54, 1.807) is 6.92 Å². The van der Waals surface area contributed by atoms with Crippen LogP contribution in [0.5, 0.6) is 5.75 Å². The molecule has 0 radical (unpaired) electrons. The Morgan fingerprint density at radius 1 is 1.07 bits per heavy atom. The predicted molar refractivity (Wildman–Crippen MR) is 106 cm³/mol. The fourth-order valence-electron chi connectivity index (χ4n) is 3.09. The third-order valence-electron chi connectivity index (χ3n) is 4.32. The molecule has 5 heteroatoms. The summed E-state index contributed by atoms with van der Waals surface area (Å²) in [5.41, 5.74) is 3.08. The number of rotatable bonds is 7. The van der Waals surface area contributed by atoms with Crippen molar-refractivity contribution in [3.8, 4) is 5.75 Å². The molecule has 3 aromatic rings. The molecule has 0 aliphatic rings. The van der Waals surface area contributed by atoms with E-state index in [-0.39, 0.29) is 6.10 Å². The lowest BCUT2D eigenvalue weighted by molar-refractivity contribution is -0.116. The maximum absolute atomic E-state index is 12.6. The van der Waals surface area contributed by atoms with Gasteiger partial charge in [0.1, 0.15) is 5.75 Å². The number of hydrogen-bond donors (Lipinski definition) is 2. The average molecular weight is 364 g/mol. The highest BCUT2D eigenvalue weighted by molar-refractivity contribution is 6.45. The number of carbonyl (C=O) groups excluding carboxylic acids is 2. The Hall–Kier alpha value is -3.08. The zero-order valence-electron chi connectivity index (χ0n) is 15.8. The zero-order valence-corrected chi connectivity index (χ0v) is 15.8. The smallest absolute Gasteiger partial charge is 0.292 e. The molecule has 27 heavy (non-hydrogen) atoms. The topological polar surface area (TPSA) is 71.2 Å². The van der Waals surface area contributed by atoms with Crippen LogP contribution < -0.4 is 10.1 Å². The van der Waals surface area contributed by atoms with E-state index in [9.17, 15) is 9.59 Å². The first-order valence-electron chi connectivity index (χ1n) is 9.11. The molecule has 2 N–H and O–H groups in total. The van der Waals surface area contributed by atoms with Crippen molar-refractivity contribution in [2.45, 2.75) is 33.3 Å². The highest BCUT2D eigenvalue weighted by Crippen LogP contribution is 2.22. The standard InChI is InChI=1S/C22H24N2O3/c1-14(2)27-17-10-8-16(9-11-17)12-13-23-22(26)21(25)20-15(3)24-19-7-5-4-6-18(19)20/h4-11,14,24H,12-13H2,1-3H3,(H,23,26). The van der Waals surface area contributed by atoms with Crippen LogP contribution in [0.3, 0.4) is 0 Å². The number of aromatic nitrogens is 1. The van der Waals surface area contributed by atoms with Crippen LogP contribution in [0.2, 0.25) is 0 Å². The number of para-hydroxylation sites is 1. The first kappa shape index (κ1) is 18.7. The lowest BCUT2D eigenvalue weighted by Gasteiger charge is -2.10. The summed E-state index contributed by atoms with van der Waals surface area (Å²) in [6.45, 7) is 6.17. The molecular weight excluding hydrogens is 340 g/mol. The maximum atomic E-state index is 12.6. The molecule has 0 bridgehead atoms. The molecule has 3 rings (SSSR count). The Morgan fingerprint density at radius 2 is 1.78 bits per heavy atom. The van der Waals surface area contributed by atoms with Gasteiger partial charge in [-0.3, -0.25) is 9.59 Å². The Kier molecular flexibility index (Phi) is 5.60. The maximum Gasteiger partial charge on any atom is 0.292 e. The number of aromatic amines is 1. The molecule has 1 heterocycles. The van der Waals surface area contributed by atoms with Crippen molar-refractivity contribution < 1.29 is 14.3 Å². The third kappa shape index (κ3) is 4.37. The molecule has 5 nitrogen and oxygen atoms in total. The summed E-state index contributed by atoms with van der Waals surface area (Å²) in [6, 6.07) is 15.3. The average Bonchev–Trinajstić information content (AvgIpc) is 2.97. The van der Waals surface area contributed by atoms with Gasteiger partial charge in [0.05, 0.1) is 11.7 Å². The van der Waals surface area contributed by atoms with E-state index in [0.717, 1.165) is 22.2 Å². The number of ether oxygens (including phenoxy) is 1. The molecule has 0 spiro atoms. The summed E-state index contributed by atoms with van der Waals surface area (Å²) in [5, 5.41) is 3.50. The molecule has 0 saturated carbocycles. The van der Waals surface area contributed by atoms with E-state index in [1.807, 2.05) is 62.4 Å². The molecule has 0 saturated heterocycles. The summed E-state index contributed by atoms with van der Waals surface area (Å²) in [6.07, 6.45) is 0.780. The summed E-state index contributed by atoms with van der Waals surface area (Å²) < 4.78 is 5.61. The Morgan fingerprint density at radius 3 is 2.48 bits per heavy atom. The van der Waals surface area contributed by atoms with Crippen molar-refractivity contribution in [2.75, 3.05) is 6.54 Å². The predicted octanol–water partition coefficient (Wildman–Crippen LogP) is 3.81. The van der Waals surface area contributed by atoms with Gasteiger partial charge in [0.15, 0.2) is 0 Å². The molecule has 0 aliphatic carbocycles. The number of Topliss-reactive ketones (excluding diaryl/α,β-unsaturated/α-hetero) is 1. The molecule has 0 aliphatic heterocycles. The minimum absolute atomic E-state index is 0.133. The summed E-state index contributed by atoms with van der Waals surface area (Å²) in [5.74, 6) is -0.268. The third-order valence-corrected chi connectivity index (χ3v) is 4.32. The SMILES string of the molecule is Cc1[nH]c2ccccc2c1C(=O)C(=O)NCCc1ccc(OC(C)C)cc1. The van der Waals surface area contributed by atoms with E-state index >= 15 is 0 Å². The number of H-pyrrole nitrogens is 1. The second-order valence-corrected chi connectivity index (χ2v) is 6.82. The molecule has 140 valence electrons. The molecular formula is C22H24N2O3. The highest BCUT2D eigenvalue weighted by Gasteiger charge is 2.22. The molecule has 0 fully saturated rings. The van der Waals surface area contributed by atoms with Crippen molar-refractivity contribution in [3.63, 3.8) is 0 Å². The first-order chi connectivity index (χ1) is 13.0. The number of benzene rings is 2. The van der Waals surface area contributed by atoms with Crippen molar-refractivity contribution in [3.05, 3.63) is 65.4 Å². The minimum Gasteiger partial charge on any atom is -0.491 e. The Balaban J connectivity index is 1.59. The van der Waals surface area contributed by atoms with E-state index in [4.69, 9.17) is 4.74 Å². The van der Waals surface area contributed by atoms with E-state index in [1.165, 1.54) is 0 Å². The van der Waals surface area contributed by atoms with Crippen molar-refractivity contribution in [1.29, 1.82) is 0 Å². The molecule has 1 amide bonds. The lowest BCUT2D eigenvalue weighted by Crippen LogP contribution is -2.32. The van der Waals surface area contributed by atoms with Gasteiger partial charge in [0.25, 0.3) is 11.7 Å². The van der Waals surface area contributed by atoms with Crippen LogP contribution in [0.15, 0.2) is 48.5 Å². The summed E-state index contributed by atoms with van der Waals surface area (Å²) in [7, 11) is 0. The van der Waals surface area contributed by atoms with Crippen LogP contribution in [0.1, 0.15) is 35.5 Å². The normalized spacial score (nSPS) is 11.0. The van der Waals surface area contributed by atoms with Crippen molar-refractivity contribution in [1.82, 2.24) is 10.3 Å². The van der Waals surface area contributed by atoms with Crippen molar-refractivity contribution >= 4 is 22.6 Å². The van der Waals surface area contributed by atoms with Gasteiger partial charge in [-0.15, -0.1) is 0 Å². The number of hydrogen-bond acceptors (Lipinski definition) is 3. The van der Waals surface area contributed by atoms with Gasteiger partial charge in [-0.25, -0.2) is 0 Å². The summed E-state index contributed by atoms with van der Waals surface area (Å²) in [4.78, 5) is 28.0. The van der Waals surface area contributed by atoms with Crippen LogP contribution in [0.4, 0.5) is 0 Å². The fraction of sp³-hybridized carbons (Fsp3) is 0.273. The minimum atomic E-state index is -0.581. The zero-order chi connectivity index (χ0) is 19.4. The summed E-state index contributed by atoms with van der Waals surface area (Å²) >= 11 is 0. The second-order valence-electron chi connectivity index (χ2n) is 6.82. The number of nitrogens with one attached hydrogen (secondary N) is 2. The fourth-order valence-corrected chi connectivity index (χ4v) is 3.09. The first-order valence-corrected chi connectivity index (χ1v) is 9.11. The number of aryl methyl sites for hydroxylation is 1. The van der Waals surface area contributed by atoms with Gasteiger partial charge in [-0.1, -0.05) is 30.3 Å². The van der Waals surface area contributed by atoms with Crippen LogP contribution in [-0.2, 0) is 11.2 Å². The van der Waals surface area contributed by atoms with Crippen LogP contribution in [0.25, 0.3) is 10.9 Å². The second kappa shape index (κ2) is 8.08. The quantitative estimate of drug-likeness (QED) is 0.495. The lowest BCUT2D eigenvalue weighted by atomic mass is 10.1. The number of ketones is 1. The van der Waals surface area contributed by atoms with Crippen LogP contribution in [0, 0.1) is 6.92 Å². The van der Waals surface area contributed by atoms with Crippen LogP contribution >= 0.6 is 0 Å². The van der Waals surface area contributed by atoms with Gasteiger partial charge in [0, 0.05) is 23.1 Å². The Labute approximate surface area is 158 Å². The van der Waals surface area contributed by atoms with Gasteiger partial charge in [0.2, 0.25) is 0 Å². The van der Waals surface area contributed by atoms with E-state index < -0.39 is 11.7 Å². The van der Waals surface area contributed by atoms with Gasteiger partial charge < -0.3 is 15.0 Å². The number of fused-ring (bicyclic) bond motifs is 1. The van der Waals surface area contributed by atoms with E-state index in [0.29, 0.717) is 24.2 Å². The van der Waals surface area contributed by atoms with Crippen LogP contribution in [-0.4, -0.2) is 29.3 Å². The molecule has 1 aromatic heterocycles. The van der Waals surface area contributed by atoms with Gasteiger partial charge in [-0.05, 0) is 51.0 Å². The Bertz CT molecular complexity index is 955. The van der Waals surface area contributed by atoms with Crippen molar-refractivity contribution in [2.24, 2.45) is 0 Å².